The summed E-state index contributed by atoms with van der Waals surface area (Å²) in [7, 11) is -2.03. The Morgan fingerprint density at radius 2 is 2.28 bits per heavy atom. The molecule has 1 heterocycles. The van der Waals surface area contributed by atoms with Gasteiger partial charge in [0.2, 0.25) is 10.0 Å². The zero-order valence-corrected chi connectivity index (χ0v) is 11.1. The van der Waals surface area contributed by atoms with Crippen LogP contribution in [0.1, 0.15) is 12.8 Å². The molecular weight excluding hydrogens is 254 g/mol. The Morgan fingerprint density at radius 3 is 2.89 bits per heavy atom. The smallest absolute Gasteiger partial charge is 0.243 e. The molecule has 1 N–H and O–H groups in total. The zero-order chi connectivity index (χ0) is 13.2. The minimum absolute atomic E-state index is 0.0258. The Kier molecular flexibility index (Phi) is 3.89. The van der Waals surface area contributed by atoms with E-state index in [2.05, 4.69) is 0 Å². The highest BCUT2D eigenvalue weighted by Gasteiger charge is 2.26. The SMILES string of the molecule is CN(CC1CCCO1)S(=O)(=O)c1cccc(O)c1. The van der Waals surface area contributed by atoms with Crippen LogP contribution < -0.4 is 0 Å². The predicted octanol–water partition coefficient (Wildman–Crippen LogP) is 1.19. The third-order valence-electron chi connectivity index (χ3n) is 3.01. The van der Waals surface area contributed by atoms with Crippen LogP contribution in [0.2, 0.25) is 0 Å². The molecule has 0 bridgehead atoms. The number of benzene rings is 1. The van der Waals surface area contributed by atoms with Crippen molar-refractivity contribution in [3.63, 3.8) is 0 Å². The highest BCUT2D eigenvalue weighted by molar-refractivity contribution is 7.89. The quantitative estimate of drug-likeness (QED) is 0.893. The van der Waals surface area contributed by atoms with Crippen LogP contribution >= 0.6 is 0 Å². The maximum Gasteiger partial charge on any atom is 0.243 e. The van der Waals surface area contributed by atoms with E-state index in [0.29, 0.717) is 13.2 Å². The molecule has 1 aromatic carbocycles. The second-order valence-corrected chi connectivity index (χ2v) is 6.46. The molecule has 2 rings (SSSR count). The molecule has 0 aromatic heterocycles. The number of aromatic hydroxyl groups is 1. The van der Waals surface area contributed by atoms with Gasteiger partial charge in [0.15, 0.2) is 0 Å². The molecule has 0 radical (unpaired) electrons. The summed E-state index contributed by atoms with van der Waals surface area (Å²) in [5.74, 6) is -0.0541. The van der Waals surface area contributed by atoms with E-state index in [9.17, 15) is 13.5 Å². The largest absolute Gasteiger partial charge is 0.508 e. The Morgan fingerprint density at radius 1 is 1.50 bits per heavy atom. The average molecular weight is 271 g/mol. The monoisotopic (exact) mass is 271 g/mol. The molecule has 1 aromatic rings. The first-order chi connectivity index (χ1) is 8.50. The lowest BCUT2D eigenvalue weighted by atomic mass is 10.2. The molecule has 0 saturated carbocycles. The fraction of sp³-hybridized carbons (Fsp3) is 0.500. The Balaban J connectivity index is 2.14. The van der Waals surface area contributed by atoms with Gasteiger partial charge in [-0.2, -0.15) is 4.31 Å². The molecule has 5 nitrogen and oxygen atoms in total. The van der Waals surface area contributed by atoms with E-state index in [-0.39, 0.29) is 16.7 Å². The maximum absolute atomic E-state index is 12.2. The maximum atomic E-state index is 12.2. The van der Waals surface area contributed by atoms with Crippen molar-refractivity contribution in [1.82, 2.24) is 4.31 Å². The summed E-state index contributed by atoms with van der Waals surface area (Å²) < 4.78 is 31.2. The fourth-order valence-electron chi connectivity index (χ4n) is 2.00. The number of sulfonamides is 1. The van der Waals surface area contributed by atoms with E-state index in [4.69, 9.17) is 4.74 Å². The number of hydrogen-bond donors (Lipinski definition) is 1. The Hall–Kier alpha value is -1.11. The molecule has 100 valence electrons. The van der Waals surface area contributed by atoms with Gasteiger partial charge in [0.1, 0.15) is 5.75 Å². The number of hydrogen-bond acceptors (Lipinski definition) is 4. The molecule has 1 unspecified atom stereocenters. The number of likely N-dealkylation sites (N-methyl/N-ethyl adjacent to an activating group) is 1. The van der Waals surface area contributed by atoms with Crippen molar-refractivity contribution < 1.29 is 18.3 Å². The summed E-state index contributed by atoms with van der Waals surface area (Å²) in [6.45, 7) is 1.04. The molecule has 1 saturated heterocycles. The van der Waals surface area contributed by atoms with Crippen molar-refractivity contribution in [2.75, 3.05) is 20.2 Å². The molecular formula is C12H17NO4S. The van der Waals surface area contributed by atoms with Gasteiger partial charge < -0.3 is 9.84 Å². The lowest BCUT2D eigenvalue weighted by molar-refractivity contribution is 0.0979. The summed E-state index contributed by atoms with van der Waals surface area (Å²) in [6.07, 6.45) is 1.84. The zero-order valence-electron chi connectivity index (χ0n) is 10.2. The van der Waals surface area contributed by atoms with E-state index in [0.717, 1.165) is 12.8 Å². The van der Waals surface area contributed by atoms with Crippen molar-refractivity contribution >= 4 is 10.0 Å². The van der Waals surface area contributed by atoms with Crippen LogP contribution in [0.3, 0.4) is 0 Å². The summed E-state index contributed by atoms with van der Waals surface area (Å²) in [4.78, 5) is 0.1000. The fourth-order valence-corrected chi connectivity index (χ4v) is 3.24. The average Bonchev–Trinajstić information content (AvgIpc) is 2.81. The first-order valence-corrected chi connectivity index (χ1v) is 7.31. The van der Waals surface area contributed by atoms with Gasteiger partial charge in [0.25, 0.3) is 0 Å². The summed E-state index contributed by atoms with van der Waals surface area (Å²) in [6, 6.07) is 5.68. The Labute approximate surface area is 107 Å². The van der Waals surface area contributed by atoms with Crippen LogP contribution in [-0.4, -0.2) is 44.1 Å². The standard InChI is InChI=1S/C12H17NO4S/c1-13(9-11-5-3-7-17-11)18(15,16)12-6-2-4-10(14)8-12/h2,4,6,8,11,14H,3,5,7,9H2,1H3. The highest BCUT2D eigenvalue weighted by atomic mass is 32.2. The first-order valence-electron chi connectivity index (χ1n) is 5.87. The Bertz CT molecular complexity index is 509. The number of rotatable bonds is 4. The third-order valence-corrected chi connectivity index (χ3v) is 4.83. The van der Waals surface area contributed by atoms with Gasteiger partial charge in [0.05, 0.1) is 11.0 Å². The molecule has 18 heavy (non-hydrogen) atoms. The normalized spacial score (nSPS) is 20.4. The molecule has 0 spiro atoms. The van der Waals surface area contributed by atoms with Gasteiger partial charge in [0, 0.05) is 20.2 Å². The van der Waals surface area contributed by atoms with Crippen LogP contribution in [0.4, 0.5) is 0 Å². The molecule has 1 atom stereocenters. The molecule has 1 aliphatic rings. The lowest BCUT2D eigenvalue weighted by Gasteiger charge is -2.20. The van der Waals surface area contributed by atoms with Gasteiger partial charge in [-0.25, -0.2) is 8.42 Å². The van der Waals surface area contributed by atoms with E-state index < -0.39 is 10.0 Å². The van der Waals surface area contributed by atoms with Crippen LogP contribution in [-0.2, 0) is 14.8 Å². The first kappa shape index (κ1) is 13.3. The van der Waals surface area contributed by atoms with Crippen LogP contribution in [0.15, 0.2) is 29.2 Å². The van der Waals surface area contributed by atoms with Crippen molar-refractivity contribution in [3.8, 4) is 5.75 Å². The van der Waals surface area contributed by atoms with Crippen molar-refractivity contribution in [3.05, 3.63) is 24.3 Å². The topological polar surface area (TPSA) is 66.8 Å². The summed E-state index contributed by atoms with van der Waals surface area (Å²) >= 11 is 0. The van der Waals surface area contributed by atoms with E-state index >= 15 is 0 Å². The van der Waals surface area contributed by atoms with Gasteiger partial charge in [-0.15, -0.1) is 0 Å². The summed E-state index contributed by atoms with van der Waals surface area (Å²) in [5, 5.41) is 9.33. The molecule has 1 aliphatic heterocycles. The molecule has 6 heteroatoms. The summed E-state index contributed by atoms with van der Waals surface area (Å²) in [5.41, 5.74) is 0. The van der Waals surface area contributed by atoms with Crippen LogP contribution in [0, 0.1) is 0 Å². The van der Waals surface area contributed by atoms with Gasteiger partial charge >= 0.3 is 0 Å². The molecule has 0 aliphatic carbocycles. The second-order valence-electron chi connectivity index (χ2n) is 4.42. The van der Waals surface area contributed by atoms with Crippen LogP contribution in [0.5, 0.6) is 5.75 Å². The van der Waals surface area contributed by atoms with E-state index in [1.165, 1.54) is 35.6 Å². The number of ether oxygens (including phenoxy) is 1. The van der Waals surface area contributed by atoms with E-state index in [1.807, 2.05) is 0 Å². The lowest BCUT2D eigenvalue weighted by Crippen LogP contribution is -2.34. The number of phenolic OH excluding ortho intramolecular Hbond substituents is 1. The second kappa shape index (κ2) is 5.26. The van der Waals surface area contributed by atoms with Crippen molar-refractivity contribution in [2.45, 2.75) is 23.8 Å². The number of phenols is 1. The highest BCUT2D eigenvalue weighted by Crippen LogP contribution is 2.21. The van der Waals surface area contributed by atoms with Gasteiger partial charge in [-0.3, -0.25) is 0 Å². The molecule has 0 amide bonds. The third kappa shape index (κ3) is 2.82. The minimum Gasteiger partial charge on any atom is -0.508 e. The minimum atomic E-state index is -3.56. The van der Waals surface area contributed by atoms with Crippen molar-refractivity contribution in [2.24, 2.45) is 0 Å². The van der Waals surface area contributed by atoms with Gasteiger partial charge in [-0.1, -0.05) is 6.07 Å². The molecule has 1 fully saturated rings. The van der Waals surface area contributed by atoms with E-state index in [1.54, 1.807) is 0 Å². The van der Waals surface area contributed by atoms with Gasteiger partial charge in [-0.05, 0) is 31.0 Å². The number of nitrogens with zero attached hydrogens (tertiary/aromatic N) is 1. The van der Waals surface area contributed by atoms with Crippen molar-refractivity contribution in [1.29, 1.82) is 0 Å². The van der Waals surface area contributed by atoms with Crippen LogP contribution in [0.25, 0.3) is 0 Å². The predicted molar refractivity (Wildman–Crippen MR) is 66.9 cm³/mol.